The van der Waals surface area contributed by atoms with Crippen LogP contribution in [0, 0.1) is 0 Å². The molecule has 7 aromatic carbocycles. The van der Waals surface area contributed by atoms with Crippen LogP contribution >= 0.6 is 0 Å². The molecule has 11 rings (SSSR count). The number of benzene rings is 7. The standard InChI is InChI=1S/C50H31N3/c1-2-12-34(13-3-1)48-49(53-47-20-9-8-19-46(47)52-48)36-26-28-40-39-27-25-35(32-21-23-33(24-22-32)45-18-10-11-29-51-45)30-43(39)50(44(40)31-36)41-16-6-4-14-37(41)38-15-5-7-17-42(38)50/h1-31H. The number of pyridine rings is 1. The maximum Gasteiger partial charge on any atom is 0.0973 e. The van der Waals surface area contributed by atoms with Crippen LogP contribution in [0.15, 0.2) is 188 Å². The van der Waals surface area contributed by atoms with E-state index < -0.39 is 5.41 Å². The molecule has 2 aliphatic rings. The van der Waals surface area contributed by atoms with Gasteiger partial charge in [0.2, 0.25) is 0 Å². The number of hydrogen-bond donors (Lipinski definition) is 0. The van der Waals surface area contributed by atoms with Crippen LogP contribution in [0.25, 0.3) is 78.2 Å². The molecule has 0 bridgehead atoms. The molecule has 53 heavy (non-hydrogen) atoms. The first-order valence-corrected chi connectivity index (χ1v) is 18.1. The van der Waals surface area contributed by atoms with Crippen LogP contribution in [0.3, 0.4) is 0 Å². The topological polar surface area (TPSA) is 38.7 Å². The first-order chi connectivity index (χ1) is 26.3. The molecule has 0 radical (unpaired) electrons. The molecule has 0 fully saturated rings. The highest BCUT2D eigenvalue weighted by Crippen LogP contribution is 2.63. The summed E-state index contributed by atoms with van der Waals surface area (Å²) in [4.78, 5) is 15.1. The van der Waals surface area contributed by atoms with Crippen LogP contribution in [-0.2, 0) is 5.41 Å². The number of para-hydroxylation sites is 2. The minimum atomic E-state index is -0.505. The van der Waals surface area contributed by atoms with Crippen LogP contribution in [0.5, 0.6) is 0 Å². The highest BCUT2D eigenvalue weighted by atomic mass is 14.8. The van der Waals surface area contributed by atoms with Gasteiger partial charge in [0, 0.05) is 22.9 Å². The monoisotopic (exact) mass is 673 g/mol. The van der Waals surface area contributed by atoms with E-state index in [4.69, 9.17) is 9.97 Å². The number of aromatic nitrogens is 3. The predicted molar refractivity (Wildman–Crippen MR) is 215 cm³/mol. The lowest BCUT2D eigenvalue weighted by molar-refractivity contribution is 0.794. The third-order valence-corrected chi connectivity index (χ3v) is 11.2. The van der Waals surface area contributed by atoms with Gasteiger partial charge in [0.25, 0.3) is 0 Å². The first-order valence-electron chi connectivity index (χ1n) is 18.1. The van der Waals surface area contributed by atoms with E-state index in [0.717, 1.165) is 44.8 Å². The van der Waals surface area contributed by atoms with Gasteiger partial charge in [-0.2, -0.15) is 0 Å². The molecule has 0 unspecified atom stereocenters. The van der Waals surface area contributed by atoms with Gasteiger partial charge in [-0.05, 0) is 92.0 Å². The fourth-order valence-corrected chi connectivity index (χ4v) is 8.83. The van der Waals surface area contributed by atoms with Crippen LogP contribution in [0.4, 0.5) is 0 Å². The van der Waals surface area contributed by atoms with Gasteiger partial charge in [0.15, 0.2) is 0 Å². The van der Waals surface area contributed by atoms with E-state index in [1.54, 1.807) is 0 Å². The summed E-state index contributed by atoms with van der Waals surface area (Å²) in [6.07, 6.45) is 1.85. The minimum Gasteiger partial charge on any atom is -0.256 e. The number of rotatable bonds is 4. The van der Waals surface area contributed by atoms with Gasteiger partial charge in [0.1, 0.15) is 0 Å². The molecule has 1 spiro atoms. The van der Waals surface area contributed by atoms with Crippen LogP contribution < -0.4 is 0 Å². The lowest BCUT2D eigenvalue weighted by Gasteiger charge is -2.31. The van der Waals surface area contributed by atoms with E-state index in [0.29, 0.717) is 0 Å². The van der Waals surface area contributed by atoms with Crippen molar-refractivity contribution in [3.8, 4) is 67.2 Å². The Bertz CT molecular complexity index is 2830. The Morgan fingerprint density at radius 3 is 1.45 bits per heavy atom. The van der Waals surface area contributed by atoms with E-state index in [-0.39, 0.29) is 0 Å². The fourth-order valence-electron chi connectivity index (χ4n) is 8.83. The van der Waals surface area contributed by atoms with Crippen LogP contribution in [0.1, 0.15) is 22.3 Å². The summed E-state index contributed by atoms with van der Waals surface area (Å²) >= 11 is 0. The van der Waals surface area contributed by atoms with E-state index in [9.17, 15) is 0 Å². The molecule has 0 aliphatic heterocycles. The van der Waals surface area contributed by atoms with Crippen LogP contribution in [-0.4, -0.2) is 15.0 Å². The third kappa shape index (κ3) is 4.38. The van der Waals surface area contributed by atoms with Crippen molar-refractivity contribution in [2.75, 3.05) is 0 Å². The minimum absolute atomic E-state index is 0.505. The summed E-state index contributed by atoms with van der Waals surface area (Å²) < 4.78 is 0. The van der Waals surface area contributed by atoms with Crippen molar-refractivity contribution in [1.82, 2.24) is 15.0 Å². The Labute approximate surface area is 308 Å². The average Bonchev–Trinajstić information content (AvgIpc) is 3.70. The van der Waals surface area contributed by atoms with Crippen molar-refractivity contribution < 1.29 is 0 Å². The molecule has 0 atom stereocenters. The van der Waals surface area contributed by atoms with Crippen molar-refractivity contribution in [1.29, 1.82) is 0 Å². The van der Waals surface area contributed by atoms with Gasteiger partial charge in [0.05, 0.1) is 33.5 Å². The molecule has 2 aliphatic carbocycles. The second-order valence-corrected chi connectivity index (χ2v) is 13.9. The molecule has 0 N–H and O–H groups in total. The zero-order valence-corrected chi connectivity index (χ0v) is 28.7. The molecule has 3 heteroatoms. The summed E-state index contributed by atoms with van der Waals surface area (Å²) in [7, 11) is 0. The Morgan fingerprint density at radius 2 is 0.811 bits per heavy atom. The van der Waals surface area contributed by atoms with E-state index in [1.807, 2.05) is 42.6 Å². The van der Waals surface area contributed by atoms with E-state index in [1.165, 1.54) is 55.6 Å². The SMILES string of the molecule is c1ccc(-c2nc3ccccc3nc2-c2ccc3c(c2)C2(c4ccccc4-c4ccccc42)c2cc(-c4ccc(-c5ccccn5)cc4)ccc2-3)cc1. The molecule has 2 aromatic heterocycles. The van der Waals surface area contributed by atoms with E-state index >= 15 is 0 Å². The Morgan fingerprint density at radius 1 is 0.321 bits per heavy atom. The van der Waals surface area contributed by atoms with Crippen molar-refractivity contribution in [2.45, 2.75) is 5.41 Å². The lowest BCUT2D eigenvalue weighted by atomic mass is 9.70. The predicted octanol–water partition coefficient (Wildman–Crippen LogP) is 12.0. The molecule has 0 saturated heterocycles. The second kappa shape index (κ2) is 11.5. The van der Waals surface area contributed by atoms with Crippen LogP contribution in [0.2, 0.25) is 0 Å². The smallest absolute Gasteiger partial charge is 0.0973 e. The van der Waals surface area contributed by atoms with Gasteiger partial charge in [-0.1, -0.05) is 146 Å². The second-order valence-electron chi connectivity index (χ2n) is 13.9. The molecular weight excluding hydrogens is 643 g/mol. The summed E-state index contributed by atoms with van der Waals surface area (Å²) in [6, 6.07) is 65.4. The maximum atomic E-state index is 5.32. The zero-order valence-electron chi connectivity index (χ0n) is 28.7. The average molecular weight is 674 g/mol. The largest absolute Gasteiger partial charge is 0.256 e. The lowest BCUT2D eigenvalue weighted by Crippen LogP contribution is -2.26. The molecule has 246 valence electrons. The van der Waals surface area contributed by atoms with Gasteiger partial charge in [-0.15, -0.1) is 0 Å². The summed E-state index contributed by atoms with van der Waals surface area (Å²) in [5.41, 5.74) is 19.9. The van der Waals surface area contributed by atoms with Gasteiger partial charge in [-0.3, -0.25) is 4.98 Å². The Hall–Kier alpha value is -6.97. The highest BCUT2D eigenvalue weighted by Gasteiger charge is 2.51. The normalized spacial score (nSPS) is 13.1. The van der Waals surface area contributed by atoms with Gasteiger partial charge >= 0.3 is 0 Å². The Kier molecular flexibility index (Phi) is 6.47. The van der Waals surface area contributed by atoms with Gasteiger partial charge in [-0.25, -0.2) is 9.97 Å². The molecular formula is C50H31N3. The van der Waals surface area contributed by atoms with Crippen molar-refractivity contribution in [2.24, 2.45) is 0 Å². The van der Waals surface area contributed by atoms with E-state index in [2.05, 4.69) is 151 Å². The number of nitrogens with zero attached hydrogens (tertiary/aromatic N) is 3. The first kappa shape index (κ1) is 29.7. The highest BCUT2D eigenvalue weighted by molar-refractivity contribution is 5.97. The third-order valence-electron chi connectivity index (χ3n) is 11.2. The summed E-state index contributed by atoms with van der Waals surface area (Å²) in [6.45, 7) is 0. The van der Waals surface area contributed by atoms with Crippen molar-refractivity contribution in [3.05, 3.63) is 210 Å². The number of fused-ring (bicyclic) bond motifs is 11. The summed E-state index contributed by atoms with van der Waals surface area (Å²) in [5, 5.41) is 0. The van der Waals surface area contributed by atoms with Crippen molar-refractivity contribution in [3.63, 3.8) is 0 Å². The molecule has 0 amide bonds. The zero-order chi connectivity index (χ0) is 34.9. The molecule has 0 saturated carbocycles. The Balaban J connectivity index is 1.16. The molecule has 9 aromatic rings. The summed E-state index contributed by atoms with van der Waals surface area (Å²) in [5.74, 6) is 0. The quantitative estimate of drug-likeness (QED) is 0.187. The molecule has 3 nitrogen and oxygen atoms in total. The maximum absolute atomic E-state index is 5.32. The van der Waals surface area contributed by atoms with Crippen molar-refractivity contribution >= 4 is 11.0 Å². The van der Waals surface area contributed by atoms with Gasteiger partial charge < -0.3 is 0 Å². The number of hydrogen-bond acceptors (Lipinski definition) is 3. The molecule has 2 heterocycles. The fraction of sp³-hybridized carbons (Fsp3) is 0.0200.